The van der Waals surface area contributed by atoms with E-state index in [4.69, 9.17) is 16.3 Å². The quantitative estimate of drug-likeness (QED) is 0.898. The highest BCUT2D eigenvalue weighted by atomic mass is 35.5. The first-order chi connectivity index (χ1) is 9.45. The molecule has 0 aliphatic rings. The van der Waals surface area contributed by atoms with Crippen LogP contribution in [0.1, 0.15) is 5.82 Å². The minimum Gasteiger partial charge on any atom is -0.495 e. The van der Waals surface area contributed by atoms with Crippen LogP contribution >= 0.6 is 11.6 Å². The fourth-order valence-corrected chi connectivity index (χ4v) is 3.05. The normalized spacial score (nSPS) is 11.8. The molecule has 0 aliphatic carbocycles. The van der Waals surface area contributed by atoms with Crippen molar-refractivity contribution in [1.82, 2.24) is 19.5 Å². The maximum Gasteiger partial charge on any atom is 0.246 e. The minimum atomic E-state index is -3.71. The fraction of sp³-hybridized carbons (Fsp3) is 0.273. The highest BCUT2D eigenvalue weighted by Gasteiger charge is 2.25. The molecule has 2 aromatic rings. The van der Waals surface area contributed by atoms with Crippen LogP contribution in [-0.4, -0.2) is 42.1 Å². The van der Waals surface area contributed by atoms with Crippen LogP contribution in [0.5, 0.6) is 5.75 Å². The van der Waals surface area contributed by atoms with Gasteiger partial charge < -0.3 is 4.74 Å². The van der Waals surface area contributed by atoms with Crippen LogP contribution < -0.4 is 4.74 Å². The Morgan fingerprint density at radius 3 is 2.80 bits per heavy atom. The fourth-order valence-electron chi connectivity index (χ4n) is 1.63. The Bertz CT molecular complexity index is 688. The van der Waals surface area contributed by atoms with E-state index in [1.54, 1.807) is 0 Å². The molecule has 1 aromatic carbocycles. The molecule has 9 heteroatoms. The number of aromatic amines is 1. The van der Waals surface area contributed by atoms with Crippen LogP contribution in [-0.2, 0) is 16.6 Å². The standard InChI is InChI=1S/C11H13ClN4O3S/c1-16(6-11-13-7-14-15-11)20(17,18)10-4-3-8(12)5-9(10)19-2/h3-5,7H,6H2,1-2H3,(H,13,14,15). The van der Waals surface area contributed by atoms with Crippen LogP contribution in [0.15, 0.2) is 29.4 Å². The smallest absolute Gasteiger partial charge is 0.246 e. The van der Waals surface area contributed by atoms with Gasteiger partial charge in [0.15, 0.2) is 0 Å². The summed E-state index contributed by atoms with van der Waals surface area (Å²) in [5.41, 5.74) is 0. The van der Waals surface area contributed by atoms with Crippen LogP contribution in [0, 0.1) is 0 Å². The zero-order valence-electron chi connectivity index (χ0n) is 10.9. The van der Waals surface area contributed by atoms with Crippen LogP contribution in [0.4, 0.5) is 0 Å². The number of nitrogens with zero attached hydrogens (tertiary/aromatic N) is 3. The molecule has 0 unspecified atom stereocenters. The molecular formula is C11H13ClN4O3S. The Morgan fingerprint density at radius 1 is 1.45 bits per heavy atom. The van der Waals surface area contributed by atoms with Gasteiger partial charge in [0, 0.05) is 18.1 Å². The molecule has 0 atom stereocenters. The van der Waals surface area contributed by atoms with E-state index in [9.17, 15) is 8.42 Å². The molecule has 7 nitrogen and oxygen atoms in total. The van der Waals surface area contributed by atoms with Gasteiger partial charge in [0.25, 0.3) is 0 Å². The van der Waals surface area contributed by atoms with Gasteiger partial charge in [-0.25, -0.2) is 13.4 Å². The Labute approximate surface area is 121 Å². The van der Waals surface area contributed by atoms with Crippen molar-refractivity contribution in [3.05, 3.63) is 35.4 Å². The Balaban J connectivity index is 2.34. The minimum absolute atomic E-state index is 0.0476. The molecule has 0 amide bonds. The van der Waals surface area contributed by atoms with E-state index in [2.05, 4.69) is 15.2 Å². The van der Waals surface area contributed by atoms with Crippen molar-refractivity contribution in [3.63, 3.8) is 0 Å². The molecule has 108 valence electrons. The molecule has 0 saturated carbocycles. The zero-order chi connectivity index (χ0) is 14.8. The van der Waals surface area contributed by atoms with Crippen molar-refractivity contribution in [2.75, 3.05) is 14.2 Å². The second kappa shape index (κ2) is 5.78. The summed E-state index contributed by atoms with van der Waals surface area (Å²) in [7, 11) is -0.872. The molecule has 0 bridgehead atoms. The summed E-state index contributed by atoms with van der Waals surface area (Å²) in [6, 6.07) is 4.36. The van der Waals surface area contributed by atoms with Gasteiger partial charge in [0.05, 0.1) is 13.7 Å². The number of H-pyrrole nitrogens is 1. The van der Waals surface area contributed by atoms with E-state index in [1.165, 1.54) is 38.7 Å². The summed E-state index contributed by atoms with van der Waals surface area (Å²) >= 11 is 5.83. The van der Waals surface area contributed by atoms with E-state index >= 15 is 0 Å². The Morgan fingerprint density at radius 2 is 2.20 bits per heavy atom. The predicted octanol–water partition coefficient (Wildman–Crippen LogP) is 1.29. The second-order valence-corrected chi connectivity index (χ2v) is 6.44. The summed E-state index contributed by atoms with van der Waals surface area (Å²) in [5, 5.41) is 6.69. The van der Waals surface area contributed by atoms with Gasteiger partial charge in [-0.05, 0) is 12.1 Å². The van der Waals surface area contributed by atoms with Gasteiger partial charge in [0.1, 0.15) is 22.8 Å². The SMILES string of the molecule is COc1cc(Cl)ccc1S(=O)(=O)N(C)Cc1ncn[nH]1. The lowest BCUT2D eigenvalue weighted by Gasteiger charge is -2.17. The molecule has 0 fully saturated rings. The second-order valence-electron chi connectivity index (χ2n) is 3.99. The van der Waals surface area contributed by atoms with Gasteiger partial charge in [-0.1, -0.05) is 11.6 Å². The van der Waals surface area contributed by atoms with Crippen LogP contribution in [0.25, 0.3) is 0 Å². The van der Waals surface area contributed by atoms with E-state index in [-0.39, 0.29) is 17.2 Å². The number of rotatable bonds is 5. The molecule has 0 spiro atoms. The molecule has 1 heterocycles. The maximum atomic E-state index is 12.5. The Kier molecular flexibility index (Phi) is 4.26. The van der Waals surface area contributed by atoms with E-state index in [0.717, 1.165) is 4.31 Å². The van der Waals surface area contributed by atoms with Crippen molar-refractivity contribution in [2.45, 2.75) is 11.4 Å². The molecule has 1 aromatic heterocycles. The van der Waals surface area contributed by atoms with Crippen LogP contribution in [0.2, 0.25) is 5.02 Å². The van der Waals surface area contributed by atoms with Crippen molar-refractivity contribution < 1.29 is 13.2 Å². The summed E-state index contributed by atoms with van der Waals surface area (Å²) in [6.07, 6.45) is 1.32. The number of benzene rings is 1. The predicted molar refractivity (Wildman–Crippen MR) is 73.0 cm³/mol. The molecular weight excluding hydrogens is 304 g/mol. The molecule has 2 rings (SSSR count). The third-order valence-corrected chi connectivity index (χ3v) is 4.73. The van der Waals surface area contributed by atoms with Gasteiger partial charge in [0.2, 0.25) is 10.0 Å². The lowest BCUT2D eigenvalue weighted by Crippen LogP contribution is -2.27. The van der Waals surface area contributed by atoms with Gasteiger partial charge in [-0.2, -0.15) is 9.40 Å². The third-order valence-electron chi connectivity index (χ3n) is 2.65. The topological polar surface area (TPSA) is 88.2 Å². The number of hydrogen-bond acceptors (Lipinski definition) is 5. The first-order valence-corrected chi connectivity index (χ1v) is 7.41. The maximum absolute atomic E-state index is 12.5. The molecule has 0 aliphatic heterocycles. The zero-order valence-corrected chi connectivity index (χ0v) is 12.4. The highest BCUT2D eigenvalue weighted by Crippen LogP contribution is 2.29. The lowest BCUT2D eigenvalue weighted by molar-refractivity contribution is 0.397. The number of aromatic nitrogens is 3. The Hall–Kier alpha value is -1.64. The lowest BCUT2D eigenvalue weighted by atomic mass is 10.3. The number of nitrogens with one attached hydrogen (secondary N) is 1. The number of hydrogen-bond donors (Lipinski definition) is 1. The molecule has 0 saturated heterocycles. The van der Waals surface area contributed by atoms with E-state index in [1.807, 2.05) is 0 Å². The first kappa shape index (κ1) is 14.8. The monoisotopic (exact) mass is 316 g/mol. The summed E-state index contributed by atoms with van der Waals surface area (Å²) < 4.78 is 31.2. The molecule has 20 heavy (non-hydrogen) atoms. The van der Waals surface area contributed by atoms with E-state index < -0.39 is 10.0 Å². The number of ether oxygens (including phenoxy) is 1. The number of halogens is 1. The van der Waals surface area contributed by atoms with Crippen molar-refractivity contribution >= 4 is 21.6 Å². The number of methoxy groups -OCH3 is 1. The highest BCUT2D eigenvalue weighted by molar-refractivity contribution is 7.89. The van der Waals surface area contributed by atoms with Gasteiger partial charge in [-0.3, -0.25) is 5.10 Å². The van der Waals surface area contributed by atoms with Gasteiger partial charge in [-0.15, -0.1) is 0 Å². The average Bonchev–Trinajstić information content (AvgIpc) is 2.91. The average molecular weight is 317 g/mol. The largest absolute Gasteiger partial charge is 0.495 e. The summed E-state index contributed by atoms with van der Waals surface area (Å²) in [5.74, 6) is 0.644. The van der Waals surface area contributed by atoms with Crippen molar-refractivity contribution in [2.24, 2.45) is 0 Å². The number of sulfonamides is 1. The van der Waals surface area contributed by atoms with Crippen LogP contribution in [0.3, 0.4) is 0 Å². The van der Waals surface area contributed by atoms with Crippen molar-refractivity contribution in [1.29, 1.82) is 0 Å². The van der Waals surface area contributed by atoms with Gasteiger partial charge >= 0.3 is 0 Å². The summed E-state index contributed by atoms with van der Waals surface area (Å²) in [6.45, 7) is 0.0775. The summed E-state index contributed by atoms with van der Waals surface area (Å²) in [4.78, 5) is 3.94. The van der Waals surface area contributed by atoms with E-state index in [0.29, 0.717) is 10.8 Å². The first-order valence-electron chi connectivity index (χ1n) is 5.59. The van der Waals surface area contributed by atoms with Crippen molar-refractivity contribution in [3.8, 4) is 5.75 Å². The third kappa shape index (κ3) is 2.92. The molecule has 0 radical (unpaired) electrons. The molecule has 1 N–H and O–H groups in total.